The normalized spacial score (nSPS) is 17.2. The number of hydrogen-bond donors (Lipinski definition) is 1. The van der Waals surface area contributed by atoms with Crippen LogP contribution >= 0.6 is 0 Å². The molecule has 0 saturated carbocycles. The Balaban J connectivity index is 1.61. The monoisotopic (exact) mass is 326 g/mol. The first-order valence-electron chi connectivity index (χ1n) is 7.92. The van der Waals surface area contributed by atoms with E-state index in [1.165, 1.54) is 17.0 Å². The molecule has 2 amide bonds. The van der Waals surface area contributed by atoms with E-state index in [0.29, 0.717) is 12.2 Å². The topological polar surface area (TPSA) is 49.4 Å². The average molecular weight is 326 g/mol. The molecule has 3 rings (SSSR count). The second-order valence-electron chi connectivity index (χ2n) is 6.12. The Labute approximate surface area is 140 Å². The Hall–Kier alpha value is -2.69. The third kappa shape index (κ3) is 3.79. The molecule has 2 aromatic rings. The van der Waals surface area contributed by atoms with Gasteiger partial charge in [-0.1, -0.05) is 35.9 Å². The SMILES string of the molecule is Cc1cccc(CC(=O)N[C@@H]2CC(=O)N(c3cccc(F)c3)C2)c1. The zero-order valence-electron chi connectivity index (χ0n) is 13.5. The van der Waals surface area contributed by atoms with Crippen LogP contribution in [0.25, 0.3) is 0 Å². The van der Waals surface area contributed by atoms with Crippen LogP contribution in [0.1, 0.15) is 17.5 Å². The van der Waals surface area contributed by atoms with Crippen molar-refractivity contribution in [3.8, 4) is 0 Å². The number of carbonyl (C=O) groups excluding carboxylic acids is 2. The van der Waals surface area contributed by atoms with Crippen LogP contribution < -0.4 is 10.2 Å². The van der Waals surface area contributed by atoms with Crippen LogP contribution in [0.15, 0.2) is 48.5 Å². The second-order valence-corrected chi connectivity index (χ2v) is 6.12. The van der Waals surface area contributed by atoms with Crippen LogP contribution in [-0.4, -0.2) is 24.4 Å². The summed E-state index contributed by atoms with van der Waals surface area (Å²) >= 11 is 0. The first kappa shape index (κ1) is 16.2. The van der Waals surface area contributed by atoms with Gasteiger partial charge in [-0.05, 0) is 30.7 Å². The minimum absolute atomic E-state index is 0.110. The predicted molar refractivity (Wildman–Crippen MR) is 90.2 cm³/mol. The summed E-state index contributed by atoms with van der Waals surface area (Å²) in [5.74, 6) is -0.604. The van der Waals surface area contributed by atoms with E-state index >= 15 is 0 Å². The Kier molecular flexibility index (Phi) is 4.60. The van der Waals surface area contributed by atoms with Crippen molar-refractivity contribution in [1.82, 2.24) is 5.32 Å². The van der Waals surface area contributed by atoms with Gasteiger partial charge in [0.15, 0.2) is 0 Å². The minimum Gasteiger partial charge on any atom is -0.351 e. The van der Waals surface area contributed by atoms with Crippen LogP contribution in [0.3, 0.4) is 0 Å². The van der Waals surface area contributed by atoms with Crippen molar-refractivity contribution >= 4 is 17.5 Å². The lowest BCUT2D eigenvalue weighted by Gasteiger charge is -2.17. The molecular formula is C19H19FN2O2. The van der Waals surface area contributed by atoms with Crippen molar-refractivity contribution < 1.29 is 14.0 Å². The fourth-order valence-electron chi connectivity index (χ4n) is 2.98. The maximum absolute atomic E-state index is 13.3. The number of carbonyl (C=O) groups is 2. The van der Waals surface area contributed by atoms with Crippen LogP contribution in [0.5, 0.6) is 0 Å². The van der Waals surface area contributed by atoms with E-state index in [9.17, 15) is 14.0 Å². The van der Waals surface area contributed by atoms with E-state index in [1.54, 1.807) is 12.1 Å². The maximum atomic E-state index is 13.3. The van der Waals surface area contributed by atoms with E-state index in [-0.39, 0.29) is 36.5 Å². The molecule has 1 aliphatic heterocycles. The highest BCUT2D eigenvalue weighted by Crippen LogP contribution is 2.22. The molecule has 1 fully saturated rings. The molecule has 24 heavy (non-hydrogen) atoms. The van der Waals surface area contributed by atoms with Crippen molar-refractivity contribution in [3.63, 3.8) is 0 Å². The fraction of sp³-hybridized carbons (Fsp3) is 0.263. The molecule has 2 aromatic carbocycles. The molecule has 0 bridgehead atoms. The molecule has 0 unspecified atom stereocenters. The number of halogens is 1. The molecule has 0 aromatic heterocycles. The van der Waals surface area contributed by atoms with Gasteiger partial charge in [-0.25, -0.2) is 4.39 Å². The third-order valence-electron chi connectivity index (χ3n) is 4.06. The average Bonchev–Trinajstić information content (AvgIpc) is 2.87. The highest BCUT2D eigenvalue weighted by atomic mass is 19.1. The molecule has 1 saturated heterocycles. The van der Waals surface area contributed by atoms with Gasteiger partial charge >= 0.3 is 0 Å². The summed E-state index contributed by atoms with van der Waals surface area (Å²) in [5.41, 5.74) is 2.57. The number of anilines is 1. The zero-order valence-corrected chi connectivity index (χ0v) is 13.5. The molecule has 0 spiro atoms. The molecule has 1 N–H and O–H groups in total. The fourth-order valence-corrected chi connectivity index (χ4v) is 2.98. The summed E-state index contributed by atoms with van der Waals surface area (Å²) in [5, 5.41) is 2.90. The van der Waals surface area contributed by atoms with Gasteiger partial charge in [0, 0.05) is 18.7 Å². The molecular weight excluding hydrogens is 307 g/mol. The van der Waals surface area contributed by atoms with Crippen LogP contribution in [0.4, 0.5) is 10.1 Å². The van der Waals surface area contributed by atoms with Gasteiger partial charge in [-0.2, -0.15) is 0 Å². The Morgan fingerprint density at radius 3 is 2.79 bits per heavy atom. The zero-order chi connectivity index (χ0) is 17.1. The van der Waals surface area contributed by atoms with Crippen molar-refractivity contribution in [1.29, 1.82) is 0 Å². The first-order valence-corrected chi connectivity index (χ1v) is 7.92. The first-order chi connectivity index (χ1) is 11.5. The van der Waals surface area contributed by atoms with Crippen molar-refractivity contribution in [2.24, 2.45) is 0 Å². The summed E-state index contributed by atoms with van der Waals surface area (Å²) in [6.45, 7) is 2.34. The molecule has 1 aliphatic rings. The van der Waals surface area contributed by atoms with E-state index < -0.39 is 0 Å². The molecule has 5 heteroatoms. The predicted octanol–water partition coefficient (Wildman–Crippen LogP) is 2.60. The second kappa shape index (κ2) is 6.83. The van der Waals surface area contributed by atoms with Gasteiger partial charge in [0.1, 0.15) is 5.82 Å². The van der Waals surface area contributed by atoms with Gasteiger partial charge in [-0.15, -0.1) is 0 Å². The van der Waals surface area contributed by atoms with Gasteiger partial charge in [0.2, 0.25) is 11.8 Å². The molecule has 4 nitrogen and oxygen atoms in total. The Morgan fingerprint density at radius 2 is 2.04 bits per heavy atom. The van der Waals surface area contributed by atoms with Crippen LogP contribution in [0.2, 0.25) is 0 Å². The smallest absolute Gasteiger partial charge is 0.229 e. The standard InChI is InChI=1S/C19H19FN2O2/c1-13-4-2-5-14(8-13)9-18(23)21-16-11-19(24)22(12-16)17-7-3-6-15(20)10-17/h2-8,10,16H,9,11-12H2,1H3,(H,21,23)/t16-/m1/s1. The van der Waals surface area contributed by atoms with Gasteiger partial charge in [0.05, 0.1) is 12.5 Å². The third-order valence-corrected chi connectivity index (χ3v) is 4.06. The molecule has 0 radical (unpaired) electrons. The summed E-state index contributed by atoms with van der Waals surface area (Å²) in [6, 6.07) is 13.5. The van der Waals surface area contributed by atoms with Crippen LogP contribution in [-0.2, 0) is 16.0 Å². The van der Waals surface area contributed by atoms with E-state index in [4.69, 9.17) is 0 Å². The number of amides is 2. The largest absolute Gasteiger partial charge is 0.351 e. The molecule has 1 atom stereocenters. The number of hydrogen-bond acceptors (Lipinski definition) is 2. The van der Waals surface area contributed by atoms with Gasteiger partial charge in [0.25, 0.3) is 0 Å². The Bertz CT molecular complexity index is 775. The highest BCUT2D eigenvalue weighted by Gasteiger charge is 2.31. The lowest BCUT2D eigenvalue weighted by Crippen LogP contribution is -2.38. The number of aryl methyl sites for hydroxylation is 1. The van der Waals surface area contributed by atoms with Crippen molar-refractivity contribution in [3.05, 3.63) is 65.5 Å². The lowest BCUT2D eigenvalue weighted by molar-refractivity contribution is -0.121. The number of nitrogens with one attached hydrogen (secondary N) is 1. The summed E-state index contributed by atoms with van der Waals surface area (Å²) < 4.78 is 13.3. The quantitative estimate of drug-likeness (QED) is 0.939. The lowest BCUT2D eigenvalue weighted by atomic mass is 10.1. The number of benzene rings is 2. The van der Waals surface area contributed by atoms with Crippen molar-refractivity contribution in [2.75, 3.05) is 11.4 Å². The van der Waals surface area contributed by atoms with Gasteiger partial charge < -0.3 is 10.2 Å². The van der Waals surface area contributed by atoms with Crippen LogP contribution in [0, 0.1) is 12.7 Å². The molecule has 0 aliphatic carbocycles. The number of nitrogens with zero attached hydrogens (tertiary/aromatic N) is 1. The Morgan fingerprint density at radius 1 is 1.25 bits per heavy atom. The summed E-state index contributed by atoms with van der Waals surface area (Å²) in [4.78, 5) is 25.8. The summed E-state index contributed by atoms with van der Waals surface area (Å²) in [7, 11) is 0. The molecule has 1 heterocycles. The highest BCUT2D eigenvalue weighted by molar-refractivity contribution is 5.96. The maximum Gasteiger partial charge on any atom is 0.229 e. The van der Waals surface area contributed by atoms with E-state index in [0.717, 1.165) is 11.1 Å². The van der Waals surface area contributed by atoms with E-state index in [2.05, 4.69) is 5.32 Å². The summed E-state index contributed by atoms with van der Waals surface area (Å²) in [6.07, 6.45) is 0.516. The van der Waals surface area contributed by atoms with E-state index in [1.807, 2.05) is 31.2 Å². The minimum atomic E-state index is -0.382. The number of rotatable bonds is 4. The molecule has 124 valence electrons. The van der Waals surface area contributed by atoms with Gasteiger partial charge in [-0.3, -0.25) is 9.59 Å². The van der Waals surface area contributed by atoms with Crippen molar-refractivity contribution in [2.45, 2.75) is 25.8 Å².